The Kier molecular flexibility index (Phi) is 5.73. The van der Waals surface area contributed by atoms with E-state index in [0.29, 0.717) is 6.04 Å². The molecule has 3 rings (SSSR count). The smallest absolute Gasteiger partial charge is 0.0939 e. The van der Waals surface area contributed by atoms with Crippen LogP contribution in [0.25, 0.3) is 11.3 Å². The SMILES string of the molecule is CNC1CCCN(Cc2cc(-c3cccnc3)n[nH]2)C1.Cl. The first-order valence-corrected chi connectivity index (χ1v) is 7.19. The van der Waals surface area contributed by atoms with Crippen molar-refractivity contribution in [3.8, 4) is 11.3 Å². The molecule has 0 radical (unpaired) electrons. The number of piperidine rings is 1. The summed E-state index contributed by atoms with van der Waals surface area (Å²) in [6.07, 6.45) is 6.16. The van der Waals surface area contributed by atoms with Gasteiger partial charge in [0.15, 0.2) is 0 Å². The molecule has 1 unspecified atom stereocenters. The average Bonchev–Trinajstić information content (AvgIpc) is 2.97. The van der Waals surface area contributed by atoms with E-state index in [0.717, 1.165) is 24.3 Å². The Hall–Kier alpha value is -1.43. The molecule has 3 heterocycles. The fraction of sp³-hybridized carbons (Fsp3) is 0.467. The molecule has 5 nitrogen and oxygen atoms in total. The van der Waals surface area contributed by atoms with Gasteiger partial charge < -0.3 is 5.32 Å². The Labute approximate surface area is 131 Å². The third kappa shape index (κ3) is 4.03. The summed E-state index contributed by atoms with van der Waals surface area (Å²) >= 11 is 0. The summed E-state index contributed by atoms with van der Waals surface area (Å²) in [5, 5.41) is 10.9. The van der Waals surface area contributed by atoms with E-state index >= 15 is 0 Å². The Morgan fingerprint density at radius 1 is 1.48 bits per heavy atom. The van der Waals surface area contributed by atoms with E-state index in [1.165, 1.54) is 25.1 Å². The maximum absolute atomic E-state index is 4.38. The van der Waals surface area contributed by atoms with Crippen molar-refractivity contribution >= 4 is 12.4 Å². The molecular weight excluding hydrogens is 286 g/mol. The first-order valence-electron chi connectivity index (χ1n) is 7.19. The highest BCUT2D eigenvalue weighted by molar-refractivity contribution is 5.85. The zero-order valence-electron chi connectivity index (χ0n) is 12.2. The Balaban J connectivity index is 0.00000161. The van der Waals surface area contributed by atoms with E-state index in [2.05, 4.69) is 31.5 Å². The largest absolute Gasteiger partial charge is 0.316 e. The highest BCUT2D eigenvalue weighted by Crippen LogP contribution is 2.18. The quantitative estimate of drug-likeness (QED) is 0.908. The van der Waals surface area contributed by atoms with Gasteiger partial charge in [0.05, 0.1) is 5.69 Å². The number of likely N-dealkylation sites (tertiary alicyclic amines) is 1. The first kappa shape index (κ1) is 15.9. The molecular formula is C15H22ClN5. The molecule has 1 saturated heterocycles. The minimum absolute atomic E-state index is 0. The summed E-state index contributed by atoms with van der Waals surface area (Å²) in [5.41, 5.74) is 3.19. The number of nitrogens with zero attached hydrogens (tertiary/aromatic N) is 3. The lowest BCUT2D eigenvalue weighted by Crippen LogP contribution is -2.43. The molecule has 1 atom stereocenters. The summed E-state index contributed by atoms with van der Waals surface area (Å²) in [4.78, 5) is 6.61. The number of pyridine rings is 1. The van der Waals surface area contributed by atoms with Gasteiger partial charge in [-0.25, -0.2) is 0 Å². The Morgan fingerprint density at radius 3 is 3.14 bits per heavy atom. The zero-order valence-corrected chi connectivity index (χ0v) is 13.1. The fourth-order valence-electron chi connectivity index (χ4n) is 2.78. The standard InChI is InChI=1S/C15H21N5.ClH/c1-16-13-5-3-7-20(10-13)11-14-8-15(19-18-14)12-4-2-6-17-9-12;/h2,4,6,8-9,13,16H,3,5,7,10-11H2,1H3,(H,18,19);1H. The molecule has 0 spiro atoms. The predicted molar refractivity (Wildman–Crippen MR) is 86.4 cm³/mol. The average molecular weight is 308 g/mol. The number of nitrogens with one attached hydrogen (secondary N) is 2. The van der Waals surface area contributed by atoms with E-state index in [1.807, 2.05) is 25.4 Å². The van der Waals surface area contributed by atoms with Crippen LogP contribution >= 0.6 is 12.4 Å². The van der Waals surface area contributed by atoms with Gasteiger partial charge >= 0.3 is 0 Å². The molecule has 21 heavy (non-hydrogen) atoms. The maximum Gasteiger partial charge on any atom is 0.0939 e. The second kappa shape index (κ2) is 7.54. The fourth-order valence-corrected chi connectivity index (χ4v) is 2.78. The van der Waals surface area contributed by atoms with Gasteiger partial charge in [0, 0.05) is 42.8 Å². The van der Waals surface area contributed by atoms with Crippen molar-refractivity contribution < 1.29 is 0 Å². The van der Waals surface area contributed by atoms with Crippen molar-refractivity contribution in [3.63, 3.8) is 0 Å². The molecule has 2 aromatic heterocycles. The topological polar surface area (TPSA) is 56.8 Å². The molecule has 1 aliphatic rings. The number of hydrogen-bond donors (Lipinski definition) is 2. The van der Waals surface area contributed by atoms with Crippen LogP contribution in [0, 0.1) is 0 Å². The molecule has 0 aliphatic carbocycles. The molecule has 1 fully saturated rings. The monoisotopic (exact) mass is 307 g/mol. The third-order valence-corrected chi connectivity index (χ3v) is 3.90. The van der Waals surface area contributed by atoms with Gasteiger partial charge in [0.1, 0.15) is 0 Å². The lowest BCUT2D eigenvalue weighted by molar-refractivity contribution is 0.186. The molecule has 6 heteroatoms. The van der Waals surface area contributed by atoms with Gasteiger partial charge in [-0.05, 0) is 44.6 Å². The van der Waals surface area contributed by atoms with Crippen LogP contribution in [-0.2, 0) is 6.54 Å². The predicted octanol–water partition coefficient (Wildman–Crippen LogP) is 2.08. The van der Waals surface area contributed by atoms with Crippen molar-refractivity contribution in [1.82, 2.24) is 25.4 Å². The van der Waals surface area contributed by atoms with Crippen molar-refractivity contribution in [2.24, 2.45) is 0 Å². The number of hydrogen-bond acceptors (Lipinski definition) is 4. The molecule has 0 aromatic carbocycles. The Morgan fingerprint density at radius 2 is 2.38 bits per heavy atom. The number of aromatic amines is 1. The van der Waals surface area contributed by atoms with Crippen molar-refractivity contribution in [1.29, 1.82) is 0 Å². The van der Waals surface area contributed by atoms with Crippen LogP contribution in [0.1, 0.15) is 18.5 Å². The number of H-pyrrole nitrogens is 1. The summed E-state index contributed by atoms with van der Waals surface area (Å²) in [7, 11) is 2.05. The van der Waals surface area contributed by atoms with Gasteiger partial charge in [-0.1, -0.05) is 0 Å². The van der Waals surface area contributed by atoms with Crippen LogP contribution in [0.2, 0.25) is 0 Å². The maximum atomic E-state index is 4.38. The summed E-state index contributed by atoms with van der Waals surface area (Å²) in [5.74, 6) is 0. The van der Waals surface area contributed by atoms with Crippen LogP contribution in [-0.4, -0.2) is 46.3 Å². The van der Waals surface area contributed by atoms with Gasteiger partial charge in [-0.2, -0.15) is 5.10 Å². The van der Waals surface area contributed by atoms with Crippen molar-refractivity contribution in [2.75, 3.05) is 20.1 Å². The lowest BCUT2D eigenvalue weighted by Gasteiger charge is -2.32. The van der Waals surface area contributed by atoms with Crippen molar-refractivity contribution in [2.45, 2.75) is 25.4 Å². The van der Waals surface area contributed by atoms with Gasteiger partial charge in [0.25, 0.3) is 0 Å². The van der Waals surface area contributed by atoms with Gasteiger partial charge in [-0.3, -0.25) is 15.0 Å². The summed E-state index contributed by atoms with van der Waals surface area (Å²) in [6, 6.07) is 6.71. The lowest BCUT2D eigenvalue weighted by atomic mass is 10.1. The molecule has 2 N–H and O–H groups in total. The normalized spacial score (nSPS) is 19.2. The second-order valence-electron chi connectivity index (χ2n) is 5.38. The molecule has 0 bridgehead atoms. The van der Waals surface area contributed by atoms with E-state index < -0.39 is 0 Å². The van der Waals surface area contributed by atoms with Gasteiger partial charge in [-0.15, -0.1) is 12.4 Å². The van der Waals surface area contributed by atoms with Crippen LogP contribution in [0.15, 0.2) is 30.6 Å². The number of halogens is 1. The molecule has 0 saturated carbocycles. The Bertz CT molecular complexity index is 542. The van der Waals surface area contributed by atoms with E-state index in [1.54, 1.807) is 6.20 Å². The highest BCUT2D eigenvalue weighted by atomic mass is 35.5. The van der Waals surface area contributed by atoms with E-state index in [9.17, 15) is 0 Å². The van der Waals surface area contributed by atoms with Gasteiger partial charge in [0.2, 0.25) is 0 Å². The zero-order chi connectivity index (χ0) is 13.8. The van der Waals surface area contributed by atoms with Crippen molar-refractivity contribution in [3.05, 3.63) is 36.3 Å². The van der Waals surface area contributed by atoms with Crippen LogP contribution in [0.5, 0.6) is 0 Å². The van der Waals surface area contributed by atoms with Crippen LogP contribution in [0.3, 0.4) is 0 Å². The number of rotatable bonds is 4. The molecule has 1 aliphatic heterocycles. The minimum atomic E-state index is 0. The number of likely N-dealkylation sites (N-methyl/N-ethyl adjacent to an activating group) is 1. The third-order valence-electron chi connectivity index (χ3n) is 3.90. The summed E-state index contributed by atoms with van der Waals surface area (Å²) in [6.45, 7) is 3.21. The first-order chi connectivity index (χ1) is 9.85. The minimum Gasteiger partial charge on any atom is -0.316 e. The molecule has 114 valence electrons. The van der Waals surface area contributed by atoms with E-state index in [4.69, 9.17) is 0 Å². The van der Waals surface area contributed by atoms with Crippen LogP contribution < -0.4 is 5.32 Å². The highest BCUT2D eigenvalue weighted by Gasteiger charge is 2.19. The summed E-state index contributed by atoms with van der Waals surface area (Å²) < 4.78 is 0. The second-order valence-corrected chi connectivity index (χ2v) is 5.38. The van der Waals surface area contributed by atoms with Crippen LogP contribution in [0.4, 0.5) is 0 Å². The van der Waals surface area contributed by atoms with E-state index in [-0.39, 0.29) is 12.4 Å². The molecule has 2 aromatic rings. The number of aromatic nitrogens is 3. The molecule has 0 amide bonds.